The number of hydrogen-bond acceptors (Lipinski definition) is 5. The van der Waals surface area contributed by atoms with E-state index >= 15 is 0 Å². The molecule has 0 aliphatic rings. The highest BCUT2D eigenvalue weighted by atomic mass is 16.5. The number of ether oxygens (including phenoxy) is 1. The van der Waals surface area contributed by atoms with Gasteiger partial charge in [0, 0.05) is 11.9 Å². The van der Waals surface area contributed by atoms with Crippen molar-refractivity contribution >= 4 is 17.5 Å². The number of anilines is 3. The van der Waals surface area contributed by atoms with Gasteiger partial charge >= 0.3 is 0 Å². The van der Waals surface area contributed by atoms with Gasteiger partial charge in [0.05, 0.1) is 12.6 Å². The quantitative estimate of drug-likeness (QED) is 0.650. The van der Waals surface area contributed by atoms with Crippen LogP contribution in [0.4, 0.5) is 17.5 Å². The highest BCUT2D eigenvalue weighted by Crippen LogP contribution is 2.21. The lowest BCUT2D eigenvalue weighted by Gasteiger charge is -2.15. The molecular formula is C20H22N4O. The molecule has 3 rings (SSSR count). The zero-order valence-corrected chi connectivity index (χ0v) is 14.4. The minimum Gasteiger partial charge on any atom is -0.494 e. The molecule has 3 aromatic rings. The predicted octanol–water partition coefficient (Wildman–Crippen LogP) is 4.79. The van der Waals surface area contributed by atoms with Crippen molar-refractivity contribution in [3.05, 3.63) is 72.4 Å². The third-order valence-electron chi connectivity index (χ3n) is 3.74. The molecule has 0 bridgehead atoms. The van der Waals surface area contributed by atoms with Gasteiger partial charge < -0.3 is 15.4 Å². The summed E-state index contributed by atoms with van der Waals surface area (Å²) in [7, 11) is 0. The summed E-state index contributed by atoms with van der Waals surface area (Å²) in [6.07, 6.45) is 1.74. The number of rotatable bonds is 7. The number of nitrogens with zero attached hydrogens (tertiary/aromatic N) is 2. The molecule has 0 fully saturated rings. The molecule has 5 heteroatoms. The van der Waals surface area contributed by atoms with Gasteiger partial charge in [-0.15, -0.1) is 0 Å². The van der Waals surface area contributed by atoms with E-state index in [0.29, 0.717) is 12.6 Å². The Balaban J connectivity index is 1.67. The van der Waals surface area contributed by atoms with Crippen LogP contribution in [-0.4, -0.2) is 16.6 Å². The van der Waals surface area contributed by atoms with Gasteiger partial charge in [0.15, 0.2) is 0 Å². The van der Waals surface area contributed by atoms with Gasteiger partial charge in [-0.25, -0.2) is 4.98 Å². The molecule has 1 atom stereocenters. The summed E-state index contributed by atoms with van der Waals surface area (Å²) < 4.78 is 5.45. The summed E-state index contributed by atoms with van der Waals surface area (Å²) in [4.78, 5) is 8.83. The average molecular weight is 334 g/mol. The molecule has 5 nitrogen and oxygen atoms in total. The summed E-state index contributed by atoms with van der Waals surface area (Å²) >= 11 is 0. The Labute approximate surface area is 148 Å². The summed E-state index contributed by atoms with van der Waals surface area (Å²) in [6.45, 7) is 4.72. The topological polar surface area (TPSA) is 59.1 Å². The standard InChI is InChI=1S/C20H22N4O/c1-3-25-18-11-9-17(10-12-18)23-19-13-14-21-20(24-19)22-15(2)16-7-5-4-6-8-16/h4-15H,3H2,1-2H3,(H2,21,22,23,24). The van der Waals surface area contributed by atoms with Crippen molar-refractivity contribution in [2.75, 3.05) is 17.2 Å². The Morgan fingerprint density at radius 1 is 1.00 bits per heavy atom. The van der Waals surface area contributed by atoms with E-state index < -0.39 is 0 Å². The van der Waals surface area contributed by atoms with Crippen LogP contribution in [0.1, 0.15) is 25.5 Å². The third kappa shape index (κ3) is 4.70. The van der Waals surface area contributed by atoms with Crippen LogP contribution in [0.3, 0.4) is 0 Å². The van der Waals surface area contributed by atoms with E-state index in [4.69, 9.17) is 4.74 Å². The molecule has 1 heterocycles. The smallest absolute Gasteiger partial charge is 0.225 e. The van der Waals surface area contributed by atoms with E-state index in [0.717, 1.165) is 17.3 Å². The van der Waals surface area contributed by atoms with Crippen LogP contribution >= 0.6 is 0 Å². The maximum atomic E-state index is 5.45. The highest BCUT2D eigenvalue weighted by Gasteiger charge is 2.07. The molecule has 0 radical (unpaired) electrons. The van der Waals surface area contributed by atoms with Crippen molar-refractivity contribution in [1.82, 2.24) is 9.97 Å². The summed E-state index contributed by atoms with van der Waals surface area (Å²) in [5, 5.41) is 6.61. The van der Waals surface area contributed by atoms with E-state index in [2.05, 4.69) is 39.7 Å². The molecular weight excluding hydrogens is 312 g/mol. The van der Waals surface area contributed by atoms with E-state index in [9.17, 15) is 0 Å². The van der Waals surface area contributed by atoms with Crippen LogP contribution in [0.5, 0.6) is 5.75 Å². The first-order valence-electron chi connectivity index (χ1n) is 8.39. The molecule has 1 aromatic heterocycles. The highest BCUT2D eigenvalue weighted by molar-refractivity contribution is 5.57. The third-order valence-corrected chi connectivity index (χ3v) is 3.74. The Hall–Kier alpha value is -3.08. The van der Waals surface area contributed by atoms with Crippen molar-refractivity contribution in [3.63, 3.8) is 0 Å². The summed E-state index contributed by atoms with van der Waals surface area (Å²) in [6, 6.07) is 20.0. The maximum Gasteiger partial charge on any atom is 0.225 e. The normalized spacial score (nSPS) is 11.6. The lowest BCUT2D eigenvalue weighted by atomic mass is 10.1. The second kappa shape index (κ2) is 8.15. The fraction of sp³-hybridized carbons (Fsp3) is 0.200. The molecule has 0 amide bonds. The molecule has 0 aliphatic heterocycles. The first-order chi connectivity index (χ1) is 12.2. The molecule has 1 unspecified atom stereocenters. The van der Waals surface area contributed by atoms with Crippen LogP contribution in [-0.2, 0) is 0 Å². The minimum absolute atomic E-state index is 0.127. The second-order valence-electron chi connectivity index (χ2n) is 5.62. The van der Waals surface area contributed by atoms with E-state index in [1.54, 1.807) is 6.20 Å². The zero-order chi connectivity index (χ0) is 17.5. The van der Waals surface area contributed by atoms with Crippen molar-refractivity contribution in [2.45, 2.75) is 19.9 Å². The number of hydrogen-bond donors (Lipinski definition) is 2. The lowest BCUT2D eigenvalue weighted by molar-refractivity contribution is 0.340. The number of benzene rings is 2. The van der Waals surface area contributed by atoms with Gasteiger partial charge in [0.1, 0.15) is 11.6 Å². The molecule has 25 heavy (non-hydrogen) atoms. The molecule has 0 spiro atoms. The Bertz CT molecular complexity index is 790. The van der Waals surface area contributed by atoms with Crippen LogP contribution in [0.25, 0.3) is 0 Å². The van der Waals surface area contributed by atoms with Gasteiger partial charge in [-0.2, -0.15) is 4.98 Å². The molecule has 0 saturated heterocycles. The molecule has 2 N–H and O–H groups in total. The first kappa shape index (κ1) is 16.8. The van der Waals surface area contributed by atoms with Crippen LogP contribution in [0.2, 0.25) is 0 Å². The monoisotopic (exact) mass is 334 g/mol. The number of aromatic nitrogens is 2. The average Bonchev–Trinajstić information content (AvgIpc) is 2.65. The Morgan fingerprint density at radius 3 is 2.48 bits per heavy atom. The largest absolute Gasteiger partial charge is 0.494 e. The molecule has 128 valence electrons. The first-order valence-corrected chi connectivity index (χ1v) is 8.39. The van der Waals surface area contributed by atoms with Gasteiger partial charge in [-0.3, -0.25) is 0 Å². The van der Waals surface area contributed by atoms with Gasteiger partial charge in [-0.05, 0) is 49.7 Å². The fourth-order valence-electron chi connectivity index (χ4n) is 2.47. The van der Waals surface area contributed by atoms with Crippen LogP contribution < -0.4 is 15.4 Å². The van der Waals surface area contributed by atoms with Crippen LogP contribution in [0, 0.1) is 0 Å². The minimum atomic E-state index is 0.127. The lowest BCUT2D eigenvalue weighted by Crippen LogP contribution is -2.09. The van der Waals surface area contributed by atoms with Crippen molar-refractivity contribution in [2.24, 2.45) is 0 Å². The summed E-state index contributed by atoms with van der Waals surface area (Å²) in [5.41, 5.74) is 2.14. The zero-order valence-electron chi connectivity index (χ0n) is 14.4. The maximum absolute atomic E-state index is 5.45. The Morgan fingerprint density at radius 2 is 1.76 bits per heavy atom. The molecule has 2 aromatic carbocycles. The molecule has 0 saturated carbocycles. The fourth-order valence-corrected chi connectivity index (χ4v) is 2.47. The Kier molecular flexibility index (Phi) is 5.46. The van der Waals surface area contributed by atoms with Crippen LogP contribution in [0.15, 0.2) is 66.9 Å². The number of nitrogens with one attached hydrogen (secondary N) is 2. The van der Waals surface area contributed by atoms with Gasteiger partial charge in [0.25, 0.3) is 0 Å². The van der Waals surface area contributed by atoms with E-state index in [-0.39, 0.29) is 6.04 Å². The van der Waals surface area contributed by atoms with Crippen molar-refractivity contribution in [1.29, 1.82) is 0 Å². The summed E-state index contributed by atoms with van der Waals surface area (Å²) in [5.74, 6) is 2.18. The van der Waals surface area contributed by atoms with E-state index in [1.165, 1.54) is 5.56 Å². The second-order valence-corrected chi connectivity index (χ2v) is 5.62. The predicted molar refractivity (Wildman–Crippen MR) is 101 cm³/mol. The molecule has 0 aliphatic carbocycles. The van der Waals surface area contributed by atoms with Gasteiger partial charge in [-0.1, -0.05) is 30.3 Å². The van der Waals surface area contributed by atoms with Crippen molar-refractivity contribution in [3.8, 4) is 5.75 Å². The van der Waals surface area contributed by atoms with E-state index in [1.807, 2.05) is 55.5 Å². The van der Waals surface area contributed by atoms with Crippen molar-refractivity contribution < 1.29 is 4.74 Å². The van der Waals surface area contributed by atoms with Gasteiger partial charge in [0.2, 0.25) is 5.95 Å². The SMILES string of the molecule is CCOc1ccc(Nc2ccnc(NC(C)c3ccccc3)n2)cc1.